The van der Waals surface area contributed by atoms with Gasteiger partial charge in [-0.25, -0.2) is 4.59 Å². The first-order chi connectivity index (χ1) is 3.06. The second kappa shape index (κ2) is 1.93. The van der Waals surface area contributed by atoms with E-state index in [-0.39, 0.29) is 0 Å². The summed E-state index contributed by atoms with van der Waals surface area (Å²) in [6, 6.07) is 0. The van der Waals surface area contributed by atoms with E-state index in [2.05, 4.69) is 5.10 Å². The average Bonchev–Trinajstić information content (AvgIpc) is 1.30. The molecule has 0 amide bonds. The van der Waals surface area contributed by atoms with Gasteiger partial charge in [0.25, 0.3) is 0 Å². The summed E-state index contributed by atoms with van der Waals surface area (Å²) in [6.45, 7) is 0. The average molecular weight is 102 g/mol. The summed E-state index contributed by atoms with van der Waals surface area (Å²) in [6.07, 6.45) is 0.556. The van der Waals surface area contributed by atoms with Gasteiger partial charge in [0.2, 0.25) is 0 Å². The molecule has 0 saturated heterocycles. The molecule has 0 aliphatic heterocycles. The van der Waals surface area contributed by atoms with Gasteiger partial charge < -0.3 is 5.11 Å². The van der Waals surface area contributed by atoms with Gasteiger partial charge in [0.05, 0.1) is 21.1 Å². The quantitative estimate of drug-likeness (QED) is 0.181. The second-order valence-electron chi connectivity index (χ2n) is 2.16. The number of hydrogen-bond donors (Lipinski definition) is 0. The van der Waals surface area contributed by atoms with E-state index in [1.165, 1.54) is 0 Å². The van der Waals surface area contributed by atoms with Gasteiger partial charge in [-0.15, -0.1) is 5.10 Å². The van der Waals surface area contributed by atoms with Crippen molar-refractivity contribution in [1.29, 1.82) is 0 Å². The fraction of sp³-hybridized carbons (Fsp3) is 0.750. The van der Waals surface area contributed by atoms with E-state index < -0.39 is 0 Å². The van der Waals surface area contributed by atoms with Gasteiger partial charge in [0.15, 0.2) is 0 Å². The Kier molecular flexibility index (Phi) is 1.77. The van der Waals surface area contributed by atoms with Crippen molar-refractivity contribution in [3.8, 4) is 0 Å². The molecule has 3 nitrogen and oxygen atoms in total. The Hall–Kier alpha value is -0.570. The molecular formula is C4H10N2O. The molecule has 0 unspecified atom stereocenters. The molecule has 0 aromatic carbocycles. The largest absolute Gasteiger partial charge is 0.861 e. The van der Waals surface area contributed by atoms with Crippen molar-refractivity contribution in [1.82, 2.24) is 0 Å². The van der Waals surface area contributed by atoms with E-state index in [0.717, 1.165) is 0 Å². The number of quaternary nitrogens is 1. The van der Waals surface area contributed by atoms with Crippen LogP contribution < -0.4 is 5.11 Å². The summed E-state index contributed by atoms with van der Waals surface area (Å²) >= 11 is 0. The van der Waals surface area contributed by atoms with Gasteiger partial charge in [-0.1, -0.05) is 0 Å². The maximum Gasteiger partial charge on any atom is 0.0923 e. The molecule has 0 heterocycles. The molecule has 42 valence electrons. The summed E-state index contributed by atoms with van der Waals surface area (Å²) in [5.74, 6) is 0. The lowest BCUT2D eigenvalue weighted by atomic mass is 10.9. The lowest BCUT2D eigenvalue weighted by molar-refractivity contribution is -0.877. The smallest absolute Gasteiger partial charge is 0.0923 e. The highest BCUT2D eigenvalue weighted by Crippen LogP contribution is 1.85. The Morgan fingerprint density at radius 2 is 1.86 bits per heavy atom. The summed E-state index contributed by atoms with van der Waals surface area (Å²) < 4.78 is 0.351. The first-order valence-electron chi connectivity index (χ1n) is 2.04. The van der Waals surface area contributed by atoms with E-state index in [9.17, 15) is 5.11 Å². The monoisotopic (exact) mass is 102 g/mol. The molecular weight excluding hydrogens is 92.1 g/mol. The van der Waals surface area contributed by atoms with Crippen LogP contribution >= 0.6 is 0 Å². The minimum Gasteiger partial charge on any atom is -0.861 e. The molecule has 0 rings (SSSR count). The Morgan fingerprint density at radius 1 is 1.43 bits per heavy atom. The predicted octanol–water partition coefficient (Wildman–Crippen LogP) is -1.00. The van der Waals surface area contributed by atoms with Crippen molar-refractivity contribution in [3.63, 3.8) is 0 Å². The van der Waals surface area contributed by atoms with Gasteiger partial charge in [-0.05, 0) is 0 Å². The molecule has 0 aromatic rings. The van der Waals surface area contributed by atoms with Crippen molar-refractivity contribution >= 4 is 6.40 Å². The van der Waals surface area contributed by atoms with Crippen molar-refractivity contribution in [2.24, 2.45) is 5.10 Å². The molecule has 0 aromatic heterocycles. The van der Waals surface area contributed by atoms with E-state index in [0.29, 0.717) is 11.0 Å². The van der Waals surface area contributed by atoms with Gasteiger partial charge in [0.1, 0.15) is 0 Å². The van der Waals surface area contributed by atoms with Crippen LogP contribution in [0.4, 0.5) is 0 Å². The molecule has 0 aliphatic carbocycles. The Labute approximate surface area is 43.5 Å². The minimum atomic E-state index is 0.351. The van der Waals surface area contributed by atoms with Crippen molar-refractivity contribution in [3.05, 3.63) is 0 Å². The van der Waals surface area contributed by atoms with Crippen LogP contribution in [0, 0.1) is 0 Å². The van der Waals surface area contributed by atoms with Gasteiger partial charge in [0, 0.05) is 6.40 Å². The van der Waals surface area contributed by atoms with Gasteiger partial charge in [-0.2, -0.15) is 0 Å². The summed E-state index contributed by atoms with van der Waals surface area (Å²) in [5, 5.41) is 13.2. The molecule has 0 saturated carbocycles. The standard InChI is InChI=1S/C4H10N2O/c1-6(2,3)5-4-7/h4H,1-3H3. The van der Waals surface area contributed by atoms with Gasteiger partial charge in [-0.3, -0.25) is 0 Å². The molecule has 0 radical (unpaired) electrons. The van der Waals surface area contributed by atoms with Crippen LogP contribution in [0.25, 0.3) is 0 Å². The molecule has 3 heteroatoms. The Balaban J connectivity index is 3.56. The summed E-state index contributed by atoms with van der Waals surface area (Å²) in [7, 11) is 5.44. The number of rotatable bonds is 1. The van der Waals surface area contributed by atoms with Crippen molar-refractivity contribution in [2.45, 2.75) is 0 Å². The molecule has 0 bridgehead atoms. The van der Waals surface area contributed by atoms with Crippen molar-refractivity contribution < 1.29 is 9.70 Å². The van der Waals surface area contributed by atoms with E-state index in [1.807, 2.05) is 21.1 Å². The van der Waals surface area contributed by atoms with Crippen LogP contribution in [-0.2, 0) is 0 Å². The lowest BCUT2D eigenvalue weighted by Gasteiger charge is -2.14. The number of hydrogen-bond acceptors (Lipinski definition) is 2. The third-order valence-electron chi connectivity index (χ3n) is 0.394. The highest BCUT2D eigenvalue weighted by molar-refractivity contribution is 5.38. The topological polar surface area (TPSA) is 35.4 Å². The highest BCUT2D eigenvalue weighted by Gasteiger charge is 1.97. The number of nitrogens with zero attached hydrogens (tertiary/aromatic N) is 2. The van der Waals surface area contributed by atoms with E-state index >= 15 is 0 Å². The van der Waals surface area contributed by atoms with Crippen LogP contribution in [-0.4, -0.2) is 32.1 Å². The van der Waals surface area contributed by atoms with E-state index in [4.69, 9.17) is 0 Å². The van der Waals surface area contributed by atoms with E-state index in [1.54, 1.807) is 0 Å². The molecule has 0 spiro atoms. The fourth-order valence-electron chi connectivity index (χ4n) is 0.141. The third-order valence-corrected chi connectivity index (χ3v) is 0.394. The third kappa shape index (κ3) is 5.43. The first-order valence-corrected chi connectivity index (χ1v) is 2.04. The van der Waals surface area contributed by atoms with Crippen LogP contribution in [0.2, 0.25) is 0 Å². The Morgan fingerprint density at radius 3 is 1.86 bits per heavy atom. The molecule has 0 aliphatic rings. The zero-order valence-corrected chi connectivity index (χ0v) is 4.88. The molecule has 0 atom stereocenters. The zero-order chi connectivity index (χ0) is 5.91. The molecule has 0 N–H and O–H groups in total. The maximum atomic E-state index is 9.64. The Bertz CT molecular complexity index is 72.2. The highest BCUT2D eigenvalue weighted by atomic mass is 16.3. The SMILES string of the molecule is C[N+](C)(C)/N=C\[O-]. The minimum absolute atomic E-state index is 0.351. The first kappa shape index (κ1) is 6.43. The van der Waals surface area contributed by atoms with Crippen LogP contribution in [0.5, 0.6) is 0 Å². The van der Waals surface area contributed by atoms with Crippen LogP contribution in [0.1, 0.15) is 0 Å². The zero-order valence-electron chi connectivity index (χ0n) is 4.88. The summed E-state index contributed by atoms with van der Waals surface area (Å²) in [5.41, 5.74) is 0. The van der Waals surface area contributed by atoms with Crippen LogP contribution in [0.3, 0.4) is 0 Å². The fourth-order valence-corrected chi connectivity index (χ4v) is 0.141. The second-order valence-corrected chi connectivity index (χ2v) is 2.16. The van der Waals surface area contributed by atoms with Crippen molar-refractivity contribution in [2.75, 3.05) is 21.1 Å². The summed E-state index contributed by atoms with van der Waals surface area (Å²) in [4.78, 5) is 0. The van der Waals surface area contributed by atoms with Gasteiger partial charge >= 0.3 is 0 Å². The van der Waals surface area contributed by atoms with Crippen LogP contribution in [0.15, 0.2) is 5.10 Å². The predicted molar refractivity (Wildman–Crippen MR) is 26.5 cm³/mol. The lowest BCUT2D eigenvalue weighted by Crippen LogP contribution is -2.28. The molecule has 0 fully saturated rings. The normalized spacial score (nSPS) is 13.0. The maximum absolute atomic E-state index is 9.64. The molecule has 7 heavy (non-hydrogen) atoms.